The standard InChI is InChI=1S/C6H10S2/c1-4-2-3-5(7)6(4)8/h4,6,8H,2-3H2,1H3. The zero-order chi connectivity index (χ0) is 6.15. The van der Waals surface area contributed by atoms with Crippen LogP contribution in [-0.2, 0) is 0 Å². The molecule has 0 radical (unpaired) electrons. The lowest BCUT2D eigenvalue weighted by Crippen LogP contribution is -2.08. The van der Waals surface area contributed by atoms with Crippen molar-refractivity contribution in [2.45, 2.75) is 25.0 Å². The van der Waals surface area contributed by atoms with E-state index >= 15 is 0 Å². The van der Waals surface area contributed by atoms with Gasteiger partial charge in [0.1, 0.15) is 0 Å². The summed E-state index contributed by atoms with van der Waals surface area (Å²) in [5.74, 6) is 0.714. The largest absolute Gasteiger partial charge is 0.170 e. The van der Waals surface area contributed by atoms with Crippen molar-refractivity contribution >= 4 is 29.7 Å². The maximum absolute atomic E-state index is 5.04. The Morgan fingerprint density at radius 3 is 2.50 bits per heavy atom. The van der Waals surface area contributed by atoms with Crippen LogP contribution >= 0.6 is 24.8 Å². The lowest BCUT2D eigenvalue weighted by Gasteiger charge is -2.04. The van der Waals surface area contributed by atoms with Gasteiger partial charge in [-0.05, 0) is 18.8 Å². The summed E-state index contributed by atoms with van der Waals surface area (Å²) in [6.45, 7) is 2.21. The third kappa shape index (κ3) is 1.06. The average Bonchev–Trinajstić information content (AvgIpc) is 1.98. The fourth-order valence-electron chi connectivity index (χ4n) is 0.993. The Morgan fingerprint density at radius 1 is 1.75 bits per heavy atom. The van der Waals surface area contributed by atoms with Gasteiger partial charge in [0.05, 0.1) is 0 Å². The van der Waals surface area contributed by atoms with E-state index in [1.54, 1.807) is 0 Å². The summed E-state index contributed by atoms with van der Waals surface area (Å²) >= 11 is 9.38. The van der Waals surface area contributed by atoms with Crippen LogP contribution in [0.1, 0.15) is 19.8 Å². The van der Waals surface area contributed by atoms with E-state index in [4.69, 9.17) is 12.2 Å². The highest BCUT2D eigenvalue weighted by molar-refractivity contribution is 7.86. The van der Waals surface area contributed by atoms with E-state index in [2.05, 4.69) is 19.6 Å². The SMILES string of the molecule is CC1CCC(=S)C1S. The Labute approximate surface area is 61.1 Å². The lowest BCUT2D eigenvalue weighted by molar-refractivity contribution is 0.634. The van der Waals surface area contributed by atoms with Gasteiger partial charge in [-0.1, -0.05) is 19.1 Å². The van der Waals surface area contributed by atoms with Gasteiger partial charge in [0.2, 0.25) is 0 Å². The molecule has 0 spiro atoms. The first-order chi connectivity index (χ1) is 3.72. The van der Waals surface area contributed by atoms with Crippen molar-refractivity contribution in [3.05, 3.63) is 0 Å². The highest BCUT2D eigenvalue weighted by Gasteiger charge is 2.24. The molecule has 1 rings (SSSR count). The quantitative estimate of drug-likeness (QED) is 0.403. The summed E-state index contributed by atoms with van der Waals surface area (Å²) in [5.41, 5.74) is 0. The van der Waals surface area contributed by atoms with Crippen molar-refractivity contribution in [2.75, 3.05) is 0 Å². The van der Waals surface area contributed by atoms with Gasteiger partial charge in [-0.25, -0.2) is 0 Å². The predicted octanol–water partition coefficient (Wildman–Crippen LogP) is 2.08. The highest BCUT2D eigenvalue weighted by atomic mass is 32.1. The first-order valence-electron chi connectivity index (χ1n) is 2.92. The third-order valence-corrected chi connectivity index (χ3v) is 3.17. The van der Waals surface area contributed by atoms with Crippen molar-refractivity contribution in [3.63, 3.8) is 0 Å². The van der Waals surface area contributed by atoms with E-state index in [-0.39, 0.29) is 0 Å². The molecule has 1 aliphatic carbocycles. The number of rotatable bonds is 0. The van der Waals surface area contributed by atoms with Gasteiger partial charge in [-0.2, -0.15) is 12.6 Å². The number of hydrogen-bond donors (Lipinski definition) is 1. The van der Waals surface area contributed by atoms with Crippen molar-refractivity contribution in [3.8, 4) is 0 Å². The minimum atomic E-state index is 0.407. The third-order valence-electron chi connectivity index (χ3n) is 1.71. The molecule has 2 atom stereocenters. The Kier molecular flexibility index (Phi) is 1.93. The van der Waals surface area contributed by atoms with E-state index in [9.17, 15) is 0 Å². The molecular formula is C6H10S2. The molecule has 2 unspecified atom stereocenters. The zero-order valence-electron chi connectivity index (χ0n) is 4.92. The molecule has 0 heterocycles. The van der Waals surface area contributed by atoms with Crippen LogP contribution in [0, 0.1) is 5.92 Å². The minimum absolute atomic E-state index is 0.407. The van der Waals surface area contributed by atoms with Crippen LogP contribution in [0.5, 0.6) is 0 Å². The van der Waals surface area contributed by atoms with Crippen LogP contribution in [-0.4, -0.2) is 10.1 Å². The van der Waals surface area contributed by atoms with E-state index in [0.717, 1.165) is 11.3 Å². The monoisotopic (exact) mass is 146 g/mol. The van der Waals surface area contributed by atoms with Gasteiger partial charge in [0, 0.05) is 10.1 Å². The maximum atomic E-state index is 5.04. The molecule has 0 N–H and O–H groups in total. The van der Waals surface area contributed by atoms with E-state index in [0.29, 0.717) is 11.2 Å². The number of thiocarbonyl (C=S) groups is 1. The van der Waals surface area contributed by atoms with Gasteiger partial charge < -0.3 is 0 Å². The van der Waals surface area contributed by atoms with Gasteiger partial charge in [-0.15, -0.1) is 0 Å². The zero-order valence-corrected chi connectivity index (χ0v) is 6.64. The molecule has 8 heavy (non-hydrogen) atoms. The van der Waals surface area contributed by atoms with Gasteiger partial charge >= 0.3 is 0 Å². The maximum Gasteiger partial charge on any atom is 0.0356 e. The van der Waals surface area contributed by atoms with E-state index in [1.807, 2.05) is 0 Å². The summed E-state index contributed by atoms with van der Waals surface area (Å²) in [4.78, 5) is 1.15. The van der Waals surface area contributed by atoms with Crippen LogP contribution in [0.2, 0.25) is 0 Å². The summed E-state index contributed by atoms with van der Waals surface area (Å²) in [5, 5.41) is 0.407. The van der Waals surface area contributed by atoms with Crippen LogP contribution in [0.4, 0.5) is 0 Å². The Bertz CT molecular complexity index is 109. The molecule has 0 aromatic carbocycles. The molecule has 0 bridgehead atoms. The smallest absolute Gasteiger partial charge is 0.0356 e. The van der Waals surface area contributed by atoms with Crippen molar-refractivity contribution in [1.29, 1.82) is 0 Å². The Balaban J connectivity index is 2.56. The second-order valence-electron chi connectivity index (χ2n) is 2.43. The minimum Gasteiger partial charge on any atom is -0.170 e. The fourth-order valence-corrected chi connectivity index (χ4v) is 1.62. The average molecular weight is 146 g/mol. The summed E-state index contributed by atoms with van der Waals surface area (Å²) in [6.07, 6.45) is 2.36. The number of thiol groups is 1. The van der Waals surface area contributed by atoms with Crippen LogP contribution < -0.4 is 0 Å². The summed E-state index contributed by atoms with van der Waals surface area (Å²) < 4.78 is 0. The molecule has 1 saturated carbocycles. The second-order valence-corrected chi connectivity index (χ2v) is 3.51. The Hall–Kier alpha value is 0.440. The summed E-state index contributed by atoms with van der Waals surface area (Å²) in [7, 11) is 0. The summed E-state index contributed by atoms with van der Waals surface area (Å²) in [6, 6.07) is 0. The van der Waals surface area contributed by atoms with Gasteiger partial charge in [0.25, 0.3) is 0 Å². The fraction of sp³-hybridized carbons (Fsp3) is 0.833. The molecule has 2 heteroatoms. The van der Waals surface area contributed by atoms with Gasteiger partial charge in [-0.3, -0.25) is 0 Å². The second kappa shape index (κ2) is 2.36. The van der Waals surface area contributed by atoms with Gasteiger partial charge in [0.15, 0.2) is 0 Å². The molecule has 0 nitrogen and oxygen atoms in total. The van der Waals surface area contributed by atoms with E-state index < -0.39 is 0 Å². The number of hydrogen-bond acceptors (Lipinski definition) is 2. The van der Waals surface area contributed by atoms with Crippen molar-refractivity contribution in [2.24, 2.45) is 5.92 Å². The first kappa shape index (κ1) is 6.56. The first-order valence-corrected chi connectivity index (χ1v) is 3.85. The lowest BCUT2D eigenvalue weighted by atomic mass is 10.1. The van der Waals surface area contributed by atoms with Crippen LogP contribution in [0.3, 0.4) is 0 Å². The topological polar surface area (TPSA) is 0 Å². The van der Waals surface area contributed by atoms with Crippen molar-refractivity contribution < 1.29 is 0 Å². The molecule has 0 aromatic heterocycles. The molecule has 46 valence electrons. The highest BCUT2D eigenvalue weighted by Crippen LogP contribution is 2.26. The normalized spacial score (nSPS) is 38.5. The Morgan fingerprint density at radius 2 is 2.38 bits per heavy atom. The molecule has 0 saturated heterocycles. The molecule has 1 aliphatic rings. The molecular weight excluding hydrogens is 136 g/mol. The molecule has 0 aliphatic heterocycles. The molecule has 1 fully saturated rings. The van der Waals surface area contributed by atoms with E-state index in [1.165, 1.54) is 6.42 Å². The molecule has 0 aromatic rings. The van der Waals surface area contributed by atoms with Crippen molar-refractivity contribution in [1.82, 2.24) is 0 Å². The van der Waals surface area contributed by atoms with Crippen LogP contribution in [0.25, 0.3) is 0 Å². The predicted molar refractivity (Wildman–Crippen MR) is 43.8 cm³/mol. The molecule has 0 amide bonds. The van der Waals surface area contributed by atoms with Crippen LogP contribution in [0.15, 0.2) is 0 Å².